The van der Waals surface area contributed by atoms with E-state index >= 15 is 0 Å². The van der Waals surface area contributed by atoms with Crippen molar-refractivity contribution in [3.05, 3.63) is 29.3 Å². The Balaban J connectivity index is 2.74. The van der Waals surface area contributed by atoms with Crippen LogP contribution >= 0.6 is 11.6 Å². The molecule has 2 N–H and O–H groups in total. The molecule has 0 bridgehead atoms. The quantitative estimate of drug-likeness (QED) is 0.822. The molecule has 3 nitrogen and oxygen atoms in total. The van der Waals surface area contributed by atoms with Gasteiger partial charge in [0.1, 0.15) is 5.54 Å². The molecule has 7 heteroatoms. The van der Waals surface area contributed by atoms with E-state index in [2.05, 4.69) is 5.32 Å². The molecule has 0 aromatic heterocycles. The van der Waals surface area contributed by atoms with Gasteiger partial charge in [-0.1, -0.05) is 17.7 Å². The molecule has 0 saturated carbocycles. The minimum atomic E-state index is -4.28. The number of nitrogens with one attached hydrogen (secondary N) is 1. The number of hydrogen-bond donors (Lipinski definition) is 2. The van der Waals surface area contributed by atoms with E-state index in [-0.39, 0.29) is 12.8 Å². The standard InChI is InChI=1S/C13H15ClF3NO2/c1-12(11(19)20,6-3-7-13(15,16)17)18-10-5-2-4-9(14)8-10/h2,4-5,8,18H,3,6-7H2,1H3,(H,19,20). The number of rotatable bonds is 6. The maximum atomic E-state index is 12.1. The first-order chi connectivity index (χ1) is 9.12. The Labute approximate surface area is 119 Å². The van der Waals surface area contributed by atoms with Crippen LogP contribution in [0.4, 0.5) is 18.9 Å². The number of alkyl halides is 3. The molecule has 0 radical (unpaired) electrons. The molecule has 0 aliphatic rings. The SMILES string of the molecule is CC(CCCC(F)(F)F)(Nc1cccc(Cl)c1)C(=O)O. The molecular weight excluding hydrogens is 295 g/mol. The average Bonchev–Trinajstić information content (AvgIpc) is 2.26. The van der Waals surface area contributed by atoms with Crippen LogP contribution in [0.15, 0.2) is 24.3 Å². The summed E-state index contributed by atoms with van der Waals surface area (Å²) in [4.78, 5) is 11.3. The lowest BCUT2D eigenvalue weighted by atomic mass is 9.94. The highest BCUT2D eigenvalue weighted by Crippen LogP contribution is 2.27. The highest BCUT2D eigenvalue weighted by atomic mass is 35.5. The molecule has 20 heavy (non-hydrogen) atoms. The summed E-state index contributed by atoms with van der Waals surface area (Å²) >= 11 is 5.78. The zero-order valence-electron chi connectivity index (χ0n) is 10.8. The molecule has 1 rings (SSSR count). The van der Waals surface area contributed by atoms with Crippen molar-refractivity contribution in [2.45, 2.75) is 37.9 Å². The van der Waals surface area contributed by atoms with Crippen molar-refractivity contribution in [2.24, 2.45) is 0 Å². The van der Waals surface area contributed by atoms with Crippen molar-refractivity contribution in [3.63, 3.8) is 0 Å². The lowest BCUT2D eigenvalue weighted by Gasteiger charge is -2.27. The third kappa shape index (κ3) is 5.28. The normalized spacial score (nSPS) is 14.7. The van der Waals surface area contributed by atoms with Crippen molar-refractivity contribution in [1.82, 2.24) is 0 Å². The Morgan fingerprint density at radius 1 is 1.35 bits per heavy atom. The zero-order chi connectivity index (χ0) is 15.4. The summed E-state index contributed by atoms with van der Waals surface area (Å²) in [7, 11) is 0. The van der Waals surface area contributed by atoms with Crippen molar-refractivity contribution < 1.29 is 23.1 Å². The number of halogens is 4. The number of anilines is 1. The first-order valence-corrected chi connectivity index (χ1v) is 6.34. The Morgan fingerprint density at radius 2 is 2.00 bits per heavy atom. The highest BCUT2D eigenvalue weighted by Gasteiger charge is 2.35. The van der Waals surface area contributed by atoms with Crippen molar-refractivity contribution in [3.8, 4) is 0 Å². The van der Waals surface area contributed by atoms with Crippen LogP contribution in [-0.4, -0.2) is 22.8 Å². The van der Waals surface area contributed by atoms with E-state index in [1.807, 2.05) is 0 Å². The topological polar surface area (TPSA) is 49.3 Å². The van der Waals surface area contributed by atoms with E-state index in [0.29, 0.717) is 10.7 Å². The minimum absolute atomic E-state index is 0.144. The van der Waals surface area contributed by atoms with Crippen LogP contribution in [0.2, 0.25) is 5.02 Å². The molecule has 0 fully saturated rings. The Bertz CT molecular complexity index is 479. The fourth-order valence-corrected chi connectivity index (χ4v) is 1.94. The molecule has 0 aliphatic heterocycles. The van der Waals surface area contributed by atoms with Gasteiger partial charge >= 0.3 is 12.1 Å². The minimum Gasteiger partial charge on any atom is -0.480 e. The average molecular weight is 310 g/mol. The van der Waals surface area contributed by atoms with Crippen molar-refractivity contribution in [2.75, 3.05) is 5.32 Å². The predicted molar refractivity (Wildman–Crippen MR) is 71.0 cm³/mol. The molecule has 0 spiro atoms. The molecule has 0 aliphatic carbocycles. The maximum absolute atomic E-state index is 12.1. The molecule has 1 atom stereocenters. The van der Waals surface area contributed by atoms with Gasteiger partial charge in [0.2, 0.25) is 0 Å². The van der Waals surface area contributed by atoms with Gasteiger partial charge in [-0.3, -0.25) is 0 Å². The van der Waals surface area contributed by atoms with Crippen LogP contribution in [0.3, 0.4) is 0 Å². The van der Waals surface area contributed by atoms with Gasteiger partial charge in [-0.2, -0.15) is 13.2 Å². The summed E-state index contributed by atoms with van der Waals surface area (Å²) in [5.74, 6) is -1.21. The van der Waals surface area contributed by atoms with Gasteiger partial charge in [-0.15, -0.1) is 0 Å². The van der Waals surface area contributed by atoms with Gasteiger partial charge in [0.05, 0.1) is 0 Å². The van der Waals surface area contributed by atoms with E-state index in [0.717, 1.165) is 0 Å². The molecule has 1 aromatic rings. The van der Waals surface area contributed by atoms with Crippen molar-refractivity contribution >= 4 is 23.3 Å². The first kappa shape index (κ1) is 16.6. The van der Waals surface area contributed by atoms with E-state index in [9.17, 15) is 23.1 Å². The first-order valence-electron chi connectivity index (χ1n) is 5.96. The lowest BCUT2D eigenvalue weighted by molar-refractivity contribution is -0.145. The maximum Gasteiger partial charge on any atom is 0.389 e. The number of benzene rings is 1. The van der Waals surface area contributed by atoms with Crippen LogP contribution in [0.25, 0.3) is 0 Å². The van der Waals surface area contributed by atoms with Crippen LogP contribution in [0, 0.1) is 0 Å². The number of carboxylic acid groups (broad SMARTS) is 1. The number of carbonyl (C=O) groups is 1. The van der Waals surface area contributed by atoms with Crippen LogP contribution in [-0.2, 0) is 4.79 Å². The third-order valence-corrected chi connectivity index (χ3v) is 3.09. The van der Waals surface area contributed by atoms with Gasteiger partial charge in [-0.05, 0) is 38.0 Å². The zero-order valence-corrected chi connectivity index (χ0v) is 11.6. The molecule has 1 unspecified atom stereocenters. The Hall–Kier alpha value is -1.43. The van der Waals surface area contributed by atoms with Crippen LogP contribution < -0.4 is 5.32 Å². The second-order valence-corrected chi connectivity index (χ2v) is 5.18. The van der Waals surface area contributed by atoms with Crippen LogP contribution in [0.5, 0.6) is 0 Å². The fraction of sp³-hybridized carbons (Fsp3) is 0.462. The van der Waals surface area contributed by atoms with Gasteiger partial charge in [0.15, 0.2) is 0 Å². The molecule has 112 valence electrons. The molecular formula is C13H15ClF3NO2. The van der Waals surface area contributed by atoms with E-state index in [4.69, 9.17) is 11.6 Å². The van der Waals surface area contributed by atoms with Crippen molar-refractivity contribution in [1.29, 1.82) is 0 Å². The molecule has 0 saturated heterocycles. The number of carboxylic acids is 1. The van der Waals surface area contributed by atoms with E-state index in [1.165, 1.54) is 13.0 Å². The molecule has 0 amide bonds. The van der Waals surface area contributed by atoms with E-state index < -0.39 is 24.1 Å². The second kappa shape index (κ2) is 6.35. The van der Waals surface area contributed by atoms with Gasteiger partial charge in [0.25, 0.3) is 0 Å². The summed E-state index contributed by atoms with van der Waals surface area (Å²) in [6.07, 6.45) is -5.70. The largest absolute Gasteiger partial charge is 0.480 e. The summed E-state index contributed by atoms with van der Waals surface area (Å²) in [6.45, 7) is 1.35. The monoisotopic (exact) mass is 309 g/mol. The predicted octanol–water partition coefficient (Wildman–Crippen LogP) is 4.33. The number of hydrogen-bond acceptors (Lipinski definition) is 2. The third-order valence-electron chi connectivity index (χ3n) is 2.85. The molecule has 0 heterocycles. The number of aliphatic carboxylic acids is 1. The summed E-state index contributed by atoms with van der Waals surface area (Å²) in [6, 6.07) is 6.38. The van der Waals surface area contributed by atoms with Gasteiger partial charge in [0, 0.05) is 17.1 Å². The second-order valence-electron chi connectivity index (χ2n) is 4.74. The summed E-state index contributed by atoms with van der Waals surface area (Å²) in [5.41, 5.74) is -1.02. The molecule has 1 aromatic carbocycles. The van der Waals surface area contributed by atoms with Gasteiger partial charge < -0.3 is 10.4 Å². The van der Waals surface area contributed by atoms with Crippen LogP contribution in [0.1, 0.15) is 26.2 Å². The Morgan fingerprint density at radius 3 is 2.50 bits per heavy atom. The van der Waals surface area contributed by atoms with E-state index in [1.54, 1.807) is 18.2 Å². The fourth-order valence-electron chi connectivity index (χ4n) is 1.75. The lowest BCUT2D eigenvalue weighted by Crippen LogP contribution is -2.43. The smallest absolute Gasteiger partial charge is 0.389 e. The summed E-state index contributed by atoms with van der Waals surface area (Å²) < 4.78 is 36.4. The highest BCUT2D eigenvalue weighted by molar-refractivity contribution is 6.30. The summed E-state index contributed by atoms with van der Waals surface area (Å²) in [5, 5.41) is 12.4. The Kier molecular flexibility index (Phi) is 5.28. The van der Waals surface area contributed by atoms with Gasteiger partial charge in [-0.25, -0.2) is 4.79 Å².